The highest BCUT2D eigenvalue weighted by Crippen LogP contribution is 2.45. The highest BCUT2D eigenvalue weighted by atomic mass is 16.5. The normalized spacial score (nSPS) is 25.8. The summed E-state index contributed by atoms with van der Waals surface area (Å²) in [5.74, 6) is 0.126. The summed E-state index contributed by atoms with van der Waals surface area (Å²) in [6, 6.07) is 7.73. The SMILES string of the molecule is CC(=O)N1CC[C@]2(C(=O)N3CCOCC3)CCN(C(=O)NCc3ccccc3C)CC[C@H]12. The maximum Gasteiger partial charge on any atom is 0.317 e. The van der Waals surface area contributed by atoms with Gasteiger partial charge in [-0.2, -0.15) is 0 Å². The van der Waals surface area contributed by atoms with Gasteiger partial charge in [0.1, 0.15) is 0 Å². The van der Waals surface area contributed by atoms with Crippen LogP contribution in [0.1, 0.15) is 37.3 Å². The smallest absolute Gasteiger partial charge is 0.317 e. The van der Waals surface area contributed by atoms with E-state index in [9.17, 15) is 14.4 Å². The number of hydrogen-bond acceptors (Lipinski definition) is 4. The molecule has 3 fully saturated rings. The average Bonchev–Trinajstić information content (AvgIpc) is 3.07. The Bertz CT molecular complexity index is 869. The van der Waals surface area contributed by atoms with Gasteiger partial charge < -0.3 is 24.8 Å². The van der Waals surface area contributed by atoms with E-state index in [1.807, 2.05) is 45.9 Å². The van der Waals surface area contributed by atoms with Crippen LogP contribution in [0.2, 0.25) is 0 Å². The van der Waals surface area contributed by atoms with Crippen LogP contribution in [0.15, 0.2) is 24.3 Å². The van der Waals surface area contributed by atoms with E-state index in [2.05, 4.69) is 5.32 Å². The Morgan fingerprint density at radius 3 is 2.47 bits per heavy atom. The molecule has 0 saturated carbocycles. The molecular weight excluding hydrogens is 408 g/mol. The number of urea groups is 1. The highest BCUT2D eigenvalue weighted by molar-refractivity contribution is 5.86. The van der Waals surface area contributed by atoms with Gasteiger partial charge in [-0.05, 0) is 37.3 Å². The average molecular weight is 443 g/mol. The van der Waals surface area contributed by atoms with Crippen LogP contribution in [0.4, 0.5) is 4.79 Å². The van der Waals surface area contributed by atoms with Crippen molar-refractivity contribution in [2.45, 2.75) is 45.7 Å². The third kappa shape index (κ3) is 4.33. The topological polar surface area (TPSA) is 82.2 Å². The summed E-state index contributed by atoms with van der Waals surface area (Å²) in [6.07, 6.45) is 1.86. The second-order valence-corrected chi connectivity index (χ2v) is 9.15. The van der Waals surface area contributed by atoms with Gasteiger partial charge in [-0.15, -0.1) is 0 Å². The van der Waals surface area contributed by atoms with E-state index < -0.39 is 5.41 Å². The Kier molecular flexibility index (Phi) is 6.69. The molecule has 8 nitrogen and oxygen atoms in total. The number of nitrogens with zero attached hydrogens (tertiary/aromatic N) is 3. The molecule has 174 valence electrons. The number of ether oxygens (including phenoxy) is 1. The number of nitrogens with one attached hydrogen (secondary N) is 1. The van der Waals surface area contributed by atoms with E-state index in [1.165, 1.54) is 0 Å². The largest absolute Gasteiger partial charge is 0.378 e. The summed E-state index contributed by atoms with van der Waals surface area (Å²) in [4.78, 5) is 44.6. The number of hydrogen-bond donors (Lipinski definition) is 1. The Balaban J connectivity index is 1.48. The van der Waals surface area contributed by atoms with Crippen LogP contribution in [0.3, 0.4) is 0 Å². The molecule has 1 aromatic carbocycles. The number of amides is 4. The number of morpholine rings is 1. The molecule has 3 aliphatic rings. The van der Waals surface area contributed by atoms with Gasteiger partial charge in [-0.1, -0.05) is 24.3 Å². The van der Waals surface area contributed by atoms with Crippen molar-refractivity contribution in [3.8, 4) is 0 Å². The quantitative estimate of drug-likeness (QED) is 0.774. The summed E-state index contributed by atoms with van der Waals surface area (Å²) >= 11 is 0. The summed E-state index contributed by atoms with van der Waals surface area (Å²) in [6.45, 7) is 8.02. The van der Waals surface area contributed by atoms with Gasteiger partial charge in [0.05, 0.1) is 18.6 Å². The molecule has 3 saturated heterocycles. The fourth-order valence-corrected chi connectivity index (χ4v) is 5.50. The molecule has 8 heteroatoms. The van der Waals surface area contributed by atoms with Crippen molar-refractivity contribution in [3.05, 3.63) is 35.4 Å². The van der Waals surface area contributed by atoms with Crippen molar-refractivity contribution in [1.29, 1.82) is 0 Å². The lowest BCUT2D eigenvalue weighted by Gasteiger charge is -2.40. The van der Waals surface area contributed by atoms with Gasteiger partial charge in [0.25, 0.3) is 0 Å². The van der Waals surface area contributed by atoms with E-state index in [0.29, 0.717) is 71.7 Å². The third-order valence-electron chi connectivity index (χ3n) is 7.42. The van der Waals surface area contributed by atoms with Crippen molar-refractivity contribution in [2.75, 3.05) is 45.9 Å². The lowest BCUT2D eigenvalue weighted by molar-refractivity contribution is -0.149. The first-order chi connectivity index (χ1) is 15.4. The lowest BCUT2D eigenvalue weighted by Crippen LogP contribution is -2.54. The van der Waals surface area contributed by atoms with Crippen LogP contribution in [-0.4, -0.2) is 84.5 Å². The number of fused-ring (bicyclic) bond motifs is 1. The van der Waals surface area contributed by atoms with Crippen molar-refractivity contribution < 1.29 is 19.1 Å². The number of aryl methyl sites for hydroxylation is 1. The van der Waals surface area contributed by atoms with Crippen molar-refractivity contribution in [3.63, 3.8) is 0 Å². The van der Waals surface area contributed by atoms with E-state index in [-0.39, 0.29) is 23.9 Å². The minimum atomic E-state index is -0.617. The minimum absolute atomic E-state index is 0.00380. The van der Waals surface area contributed by atoms with Crippen LogP contribution >= 0.6 is 0 Å². The fourth-order valence-electron chi connectivity index (χ4n) is 5.50. The molecule has 32 heavy (non-hydrogen) atoms. The van der Waals surface area contributed by atoms with Gasteiger partial charge in [-0.25, -0.2) is 4.79 Å². The van der Waals surface area contributed by atoms with E-state index in [0.717, 1.165) is 11.1 Å². The zero-order valence-electron chi connectivity index (χ0n) is 19.1. The number of carbonyl (C=O) groups excluding carboxylic acids is 3. The van der Waals surface area contributed by atoms with Crippen LogP contribution < -0.4 is 5.32 Å². The molecule has 3 aliphatic heterocycles. The van der Waals surface area contributed by atoms with Crippen LogP contribution in [0.5, 0.6) is 0 Å². The van der Waals surface area contributed by atoms with Gasteiger partial charge in [0, 0.05) is 52.2 Å². The van der Waals surface area contributed by atoms with Gasteiger partial charge in [0.15, 0.2) is 0 Å². The molecule has 0 aliphatic carbocycles. The maximum atomic E-state index is 13.7. The van der Waals surface area contributed by atoms with Gasteiger partial charge in [-0.3, -0.25) is 9.59 Å². The predicted octanol–water partition coefficient (Wildman–Crippen LogP) is 1.77. The van der Waals surface area contributed by atoms with Crippen LogP contribution in [-0.2, 0) is 20.9 Å². The Morgan fingerprint density at radius 1 is 1.03 bits per heavy atom. The molecule has 0 unspecified atom stereocenters. The molecule has 0 radical (unpaired) electrons. The second kappa shape index (κ2) is 9.48. The summed E-state index contributed by atoms with van der Waals surface area (Å²) in [5.41, 5.74) is 1.62. The third-order valence-corrected chi connectivity index (χ3v) is 7.42. The molecule has 0 spiro atoms. The number of likely N-dealkylation sites (tertiary alicyclic amines) is 2. The number of carbonyl (C=O) groups is 3. The molecule has 3 heterocycles. The molecular formula is C24H34N4O4. The molecule has 2 atom stereocenters. The first-order valence-electron chi connectivity index (χ1n) is 11.6. The zero-order chi connectivity index (χ0) is 22.7. The zero-order valence-corrected chi connectivity index (χ0v) is 19.1. The summed E-state index contributed by atoms with van der Waals surface area (Å²) < 4.78 is 5.43. The minimum Gasteiger partial charge on any atom is -0.378 e. The van der Waals surface area contributed by atoms with E-state index in [1.54, 1.807) is 6.92 Å². The van der Waals surface area contributed by atoms with Crippen molar-refractivity contribution in [1.82, 2.24) is 20.0 Å². The van der Waals surface area contributed by atoms with Gasteiger partial charge in [0.2, 0.25) is 11.8 Å². The molecule has 1 N–H and O–H groups in total. The van der Waals surface area contributed by atoms with Crippen molar-refractivity contribution in [2.24, 2.45) is 5.41 Å². The number of rotatable bonds is 3. The van der Waals surface area contributed by atoms with E-state index >= 15 is 0 Å². The molecule has 4 amide bonds. The van der Waals surface area contributed by atoms with Crippen LogP contribution in [0, 0.1) is 12.3 Å². The molecule has 0 aromatic heterocycles. The molecule has 4 rings (SSSR count). The second-order valence-electron chi connectivity index (χ2n) is 9.15. The highest BCUT2D eigenvalue weighted by Gasteiger charge is 2.55. The first kappa shape index (κ1) is 22.6. The summed E-state index contributed by atoms with van der Waals surface area (Å²) in [5, 5.41) is 3.04. The maximum absolute atomic E-state index is 13.7. The molecule has 0 bridgehead atoms. The Morgan fingerprint density at radius 2 is 1.75 bits per heavy atom. The number of benzene rings is 1. The lowest BCUT2D eigenvalue weighted by atomic mass is 9.75. The van der Waals surface area contributed by atoms with E-state index in [4.69, 9.17) is 4.74 Å². The predicted molar refractivity (Wildman–Crippen MR) is 120 cm³/mol. The van der Waals surface area contributed by atoms with Crippen LogP contribution in [0.25, 0.3) is 0 Å². The first-order valence-corrected chi connectivity index (χ1v) is 11.6. The summed E-state index contributed by atoms with van der Waals surface area (Å²) in [7, 11) is 0. The Labute approximate surface area is 189 Å². The van der Waals surface area contributed by atoms with Crippen molar-refractivity contribution >= 4 is 17.8 Å². The standard InChI is InChI=1S/C24H34N4O4/c1-18-5-3-4-6-20(18)17-25-23(31)27-10-7-21-24(8-11-27,9-12-28(21)19(2)29)22(30)26-13-15-32-16-14-26/h3-6,21H,7-17H2,1-2H3,(H,25,31)/t21-,24+/m0/s1. The van der Waals surface area contributed by atoms with Gasteiger partial charge >= 0.3 is 6.03 Å². The monoisotopic (exact) mass is 442 g/mol. The fraction of sp³-hybridized carbons (Fsp3) is 0.625. The molecule has 1 aromatic rings. The Hall–Kier alpha value is -2.61.